The molecule has 18 heavy (non-hydrogen) atoms. The average molecular weight is 244 g/mol. The van der Waals surface area contributed by atoms with Crippen LogP contribution in [-0.2, 0) is 0 Å². The Bertz CT molecular complexity index is 471. The van der Waals surface area contributed by atoms with Crippen molar-refractivity contribution >= 4 is 5.78 Å². The summed E-state index contributed by atoms with van der Waals surface area (Å²) in [6.07, 6.45) is 3.84. The molecular weight excluding hydrogens is 224 g/mol. The summed E-state index contributed by atoms with van der Waals surface area (Å²) in [5.41, 5.74) is 3.00. The predicted molar refractivity (Wildman–Crippen MR) is 71.1 cm³/mol. The molecule has 2 saturated carbocycles. The Balaban J connectivity index is 1.87. The molecule has 0 amide bonds. The highest BCUT2D eigenvalue weighted by molar-refractivity contribution is 6.00. The first-order valence-electron chi connectivity index (χ1n) is 6.83. The number of hydrogen-bond acceptors (Lipinski definition) is 2. The molecule has 2 aliphatic carbocycles. The smallest absolute Gasteiger partial charge is 0.166 e. The van der Waals surface area contributed by atoms with E-state index in [0.29, 0.717) is 23.5 Å². The number of methoxy groups -OCH3 is 1. The van der Waals surface area contributed by atoms with Crippen LogP contribution < -0.4 is 4.74 Å². The molecular formula is C16H20O2. The van der Waals surface area contributed by atoms with E-state index < -0.39 is 0 Å². The van der Waals surface area contributed by atoms with E-state index in [1.165, 1.54) is 19.3 Å². The number of benzene rings is 1. The molecule has 2 aliphatic rings. The van der Waals surface area contributed by atoms with Crippen LogP contribution in [-0.4, -0.2) is 12.9 Å². The van der Waals surface area contributed by atoms with Crippen LogP contribution in [0.3, 0.4) is 0 Å². The van der Waals surface area contributed by atoms with Gasteiger partial charge in [0, 0.05) is 11.5 Å². The lowest BCUT2D eigenvalue weighted by Crippen LogP contribution is -2.07. The normalized spacial score (nSPS) is 28.9. The molecule has 0 N–H and O–H groups in total. The molecule has 1 aromatic rings. The highest BCUT2D eigenvalue weighted by Crippen LogP contribution is 2.58. The fourth-order valence-corrected chi connectivity index (χ4v) is 3.82. The minimum atomic E-state index is 0.325. The van der Waals surface area contributed by atoms with Crippen molar-refractivity contribution in [2.75, 3.05) is 7.11 Å². The van der Waals surface area contributed by atoms with E-state index in [4.69, 9.17) is 4.74 Å². The number of rotatable bonds is 3. The number of fused-ring (bicyclic) bond motifs is 1. The van der Waals surface area contributed by atoms with Gasteiger partial charge in [0.2, 0.25) is 0 Å². The van der Waals surface area contributed by atoms with E-state index in [-0.39, 0.29) is 0 Å². The van der Waals surface area contributed by atoms with Gasteiger partial charge in [-0.05, 0) is 61.8 Å². The second kappa shape index (κ2) is 4.11. The summed E-state index contributed by atoms with van der Waals surface area (Å²) in [6, 6.07) is 3.98. The fourth-order valence-electron chi connectivity index (χ4n) is 3.82. The van der Waals surface area contributed by atoms with Crippen LogP contribution in [0, 0.1) is 31.6 Å². The van der Waals surface area contributed by atoms with Crippen LogP contribution in [0.15, 0.2) is 12.1 Å². The molecule has 0 radical (unpaired) electrons. The standard InChI is InChI=1S/C16H20O2/c1-9-7-11(8-10(2)16(9)18-3)15(17)14-12-5-4-6-13(12)14/h7-8,12-14H,4-6H2,1-3H3. The lowest BCUT2D eigenvalue weighted by Gasteiger charge is -2.11. The van der Waals surface area contributed by atoms with E-state index >= 15 is 0 Å². The van der Waals surface area contributed by atoms with Gasteiger partial charge in [-0.1, -0.05) is 6.42 Å². The van der Waals surface area contributed by atoms with Crippen LogP contribution >= 0.6 is 0 Å². The van der Waals surface area contributed by atoms with Crippen molar-refractivity contribution in [2.24, 2.45) is 17.8 Å². The van der Waals surface area contributed by atoms with Gasteiger partial charge in [-0.3, -0.25) is 4.79 Å². The van der Waals surface area contributed by atoms with Gasteiger partial charge in [-0.2, -0.15) is 0 Å². The van der Waals surface area contributed by atoms with Crippen molar-refractivity contribution in [1.82, 2.24) is 0 Å². The fraction of sp³-hybridized carbons (Fsp3) is 0.562. The van der Waals surface area contributed by atoms with Crippen LogP contribution in [0.25, 0.3) is 0 Å². The maximum absolute atomic E-state index is 12.5. The Morgan fingerprint density at radius 1 is 1.17 bits per heavy atom. The Hall–Kier alpha value is -1.31. The Kier molecular flexibility index (Phi) is 2.69. The summed E-state index contributed by atoms with van der Waals surface area (Å²) < 4.78 is 5.35. The van der Waals surface area contributed by atoms with E-state index in [0.717, 1.165) is 22.4 Å². The zero-order chi connectivity index (χ0) is 12.9. The first-order chi connectivity index (χ1) is 8.63. The van der Waals surface area contributed by atoms with Crippen molar-refractivity contribution in [2.45, 2.75) is 33.1 Å². The molecule has 2 unspecified atom stereocenters. The quantitative estimate of drug-likeness (QED) is 0.760. The summed E-state index contributed by atoms with van der Waals surface area (Å²) in [7, 11) is 1.68. The molecule has 2 atom stereocenters. The first kappa shape index (κ1) is 11.8. The SMILES string of the molecule is COc1c(C)cc(C(=O)C2C3CCCC32)cc1C. The Morgan fingerprint density at radius 2 is 1.72 bits per heavy atom. The van der Waals surface area contributed by atoms with Crippen molar-refractivity contribution in [3.8, 4) is 5.75 Å². The van der Waals surface area contributed by atoms with Gasteiger partial charge >= 0.3 is 0 Å². The van der Waals surface area contributed by atoms with Gasteiger partial charge in [-0.25, -0.2) is 0 Å². The Labute approximate surface area is 108 Å². The minimum absolute atomic E-state index is 0.325. The van der Waals surface area contributed by atoms with Crippen LogP contribution in [0.5, 0.6) is 5.75 Å². The molecule has 3 rings (SSSR count). The number of Topliss-reactive ketones (excluding diaryl/α,β-unsaturated/α-hetero) is 1. The molecule has 2 fully saturated rings. The van der Waals surface area contributed by atoms with Crippen molar-refractivity contribution in [3.63, 3.8) is 0 Å². The lowest BCUT2D eigenvalue weighted by atomic mass is 9.97. The molecule has 0 aliphatic heterocycles. The minimum Gasteiger partial charge on any atom is -0.496 e. The maximum atomic E-state index is 12.5. The molecule has 1 aromatic carbocycles. The van der Waals surface area contributed by atoms with Gasteiger partial charge in [0.05, 0.1) is 7.11 Å². The topological polar surface area (TPSA) is 26.3 Å². The molecule has 0 spiro atoms. The zero-order valence-electron chi connectivity index (χ0n) is 11.3. The average Bonchev–Trinajstić information content (AvgIpc) is 2.80. The zero-order valence-corrected chi connectivity index (χ0v) is 11.3. The number of carbonyl (C=O) groups is 1. The second-order valence-electron chi connectivity index (χ2n) is 5.79. The highest BCUT2D eigenvalue weighted by Gasteiger charge is 2.56. The molecule has 2 heteroatoms. The highest BCUT2D eigenvalue weighted by atomic mass is 16.5. The van der Waals surface area contributed by atoms with Crippen LogP contribution in [0.2, 0.25) is 0 Å². The maximum Gasteiger partial charge on any atom is 0.166 e. The number of hydrogen-bond donors (Lipinski definition) is 0. The number of carbonyl (C=O) groups excluding carboxylic acids is 1. The Morgan fingerprint density at radius 3 is 2.22 bits per heavy atom. The van der Waals surface area contributed by atoms with Crippen LogP contribution in [0.4, 0.5) is 0 Å². The summed E-state index contributed by atoms with van der Waals surface area (Å²) >= 11 is 0. The van der Waals surface area contributed by atoms with Gasteiger partial charge < -0.3 is 4.74 Å². The van der Waals surface area contributed by atoms with Crippen molar-refractivity contribution in [1.29, 1.82) is 0 Å². The summed E-state index contributed by atoms with van der Waals surface area (Å²) in [5, 5.41) is 0. The van der Waals surface area contributed by atoms with Crippen LogP contribution in [0.1, 0.15) is 40.7 Å². The largest absolute Gasteiger partial charge is 0.496 e. The number of aryl methyl sites for hydroxylation is 2. The third-order valence-corrected chi connectivity index (χ3v) is 4.66. The predicted octanol–water partition coefficient (Wildman–Crippen LogP) is 3.54. The molecule has 0 aromatic heterocycles. The summed E-state index contributed by atoms with van der Waals surface area (Å²) in [5.74, 6) is 2.98. The van der Waals surface area contributed by atoms with E-state index in [2.05, 4.69) is 0 Å². The number of ether oxygens (including phenoxy) is 1. The van der Waals surface area contributed by atoms with Gasteiger partial charge in [0.25, 0.3) is 0 Å². The third-order valence-electron chi connectivity index (χ3n) is 4.66. The molecule has 0 saturated heterocycles. The van der Waals surface area contributed by atoms with Crippen molar-refractivity contribution in [3.05, 3.63) is 28.8 Å². The molecule has 2 nitrogen and oxygen atoms in total. The molecule has 0 heterocycles. The summed E-state index contributed by atoms with van der Waals surface area (Å²) in [6.45, 7) is 4.02. The summed E-state index contributed by atoms with van der Waals surface area (Å²) in [4.78, 5) is 12.5. The van der Waals surface area contributed by atoms with E-state index in [9.17, 15) is 4.79 Å². The van der Waals surface area contributed by atoms with Crippen molar-refractivity contribution < 1.29 is 9.53 Å². The molecule has 96 valence electrons. The lowest BCUT2D eigenvalue weighted by molar-refractivity contribution is 0.0951. The second-order valence-corrected chi connectivity index (χ2v) is 5.79. The van der Waals surface area contributed by atoms with Gasteiger partial charge in [0.1, 0.15) is 5.75 Å². The van der Waals surface area contributed by atoms with Gasteiger partial charge in [-0.15, -0.1) is 0 Å². The monoisotopic (exact) mass is 244 g/mol. The van der Waals surface area contributed by atoms with E-state index in [1.54, 1.807) is 7.11 Å². The first-order valence-corrected chi connectivity index (χ1v) is 6.83. The third kappa shape index (κ3) is 1.66. The van der Waals surface area contributed by atoms with Gasteiger partial charge in [0.15, 0.2) is 5.78 Å². The van der Waals surface area contributed by atoms with E-state index in [1.807, 2.05) is 26.0 Å². The molecule has 0 bridgehead atoms. The number of ketones is 1.